The van der Waals surface area contributed by atoms with Crippen molar-refractivity contribution in [2.75, 3.05) is 6.54 Å². The number of hydrogen-bond donors (Lipinski definition) is 2. The largest absolute Gasteiger partial charge is 0.332 e. The molecule has 10 nitrogen and oxygen atoms in total. The molecule has 6 rings (SSSR count). The number of nitrogens with zero attached hydrogens (tertiary/aromatic N) is 2. The molecule has 4 aliphatic carbocycles. The average Bonchev–Trinajstić information content (AvgIpc) is 2.91. The Morgan fingerprint density at radius 3 is 2.26 bits per heavy atom. The smallest absolute Gasteiger partial charge is 0.321 e. The van der Waals surface area contributed by atoms with Crippen LogP contribution in [0.25, 0.3) is 0 Å². The number of nitrogens with one attached hydrogen (secondary N) is 2. The third-order valence-electron chi connectivity index (χ3n) is 7.15. The fourth-order valence-corrected chi connectivity index (χ4v) is 6.46. The Balaban J connectivity index is 1.24. The lowest BCUT2D eigenvalue weighted by Crippen LogP contribution is -2.62. The topological polar surface area (TPSA) is 139 Å². The molecule has 0 unspecified atom stereocenters. The molecule has 4 saturated carbocycles. The van der Waals surface area contributed by atoms with E-state index in [0.717, 1.165) is 25.3 Å². The van der Waals surface area contributed by atoms with E-state index in [1.165, 1.54) is 31.4 Å². The molecule has 1 heterocycles. The summed E-state index contributed by atoms with van der Waals surface area (Å²) in [5, 5.41) is 16.4. The number of carbonyl (C=O) groups is 4. The first-order valence-electron chi connectivity index (χ1n) is 10.5. The Labute approximate surface area is 177 Å². The van der Waals surface area contributed by atoms with Gasteiger partial charge in [-0.1, -0.05) is 6.07 Å². The predicted octanol–water partition coefficient (Wildman–Crippen LogP) is 1.99. The number of carbonyl (C=O) groups excluding carboxylic acids is 4. The van der Waals surface area contributed by atoms with Crippen molar-refractivity contribution in [3.8, 4) is 0 Å². The molecule has 162 valence electrons. The van der Waals surface area contributed by atoms with Crippen LogP contribution in [0.3, 0.4) is 0 Å². The van der Waals surface area contributed by atoms with Crippen LogP contribution in [0.1, 0.15) is 59.2 Å². The number of amides is 5. The third-order valence-corrected chi connectivity index (χ3v) is 7.15. The molecule has 5 aliphatic rings. The Bertz CT molecular complexity index is 999. The molecule has 0 aromatic heterocycles. The molecule has 31 heavy (non-hydrogen) atoms. The molecule has 4 fully saturated rings. The van der Waals surface area contributed by atoms with Crippen LogP contribution in [-0.4, -0.2) is 45.7 Å². The van der Waals surface area contributed by atoms with E-state index in [9.17, 15) is 29.3 Å². The van der Waals surface area contributed by atoms with Gasteiger partial charge in [-0.2, -0.15) is 0 Å². The van der Waals surface area contributed by atoms with Crippen molar-refractivity contribution in [2.24, 2.45) is 17.8 Å². The zero-order valence-electron chi connectivity index (χ0n) is 16.8. The molecular formula is C21H22N4O6. The summed E-state index contributed by atoms with van der Waals surface area (Å²) < 4.78 is 0. The van der Waals surface area contributed by atoms with Crippen LogP contribution < -0.4 is 10.6 Å². The highest BCUT2D eigenvalue weighted by atomic mass is 16.6. The Morgan fingerprint density at radius 1 is 1.06 bits per heavy atom. The summed E-state index contributed by atoms with van der Waals surface area (Å²) in [6, 6.07) is 3.12. The quantitative estimate of drug-likeness (QED) is 0.429. The van der Waals surface area contributed by atoms with E-state index in [4.69, 9.17) is 0 Å². The van der Waals surface area contributed by atoms with Gasteiger partial charge in [0.2, 0.25) is 5.91 Å². The molecule has 1 aliphatic heterocycles. The van der Waals surface area contributed by atoms with Gasteiger partial charge in [0, 0.05) is 11.6 Å². The molecule has 1 aromatic carbocycles. The molecule has 0 saturated heterocycles. The monoisotopic (exact) mass is 426 g/mol. The molecule has 0 atom stereocenters. The van der Waals surface area contributed by atoms with E-state index in [1.807, 2.05) is 0 Å². The highest BCUT2D eigenvalue weighted by Crippen LogP contribution is 2.55. The van der Waals surface area contributed by atoms with Crippen LogP contribution in [-0.2, 0) is 4.79 Å². The van der Waals surface area contributed by atoms with Gasteiger partial charge in [0.25, 0.3) is 17.5 Å². The lowest BCUT2D eigenvalue weighted by atomic mass is 9.53. The van der Waals surface area contributed by atoms with Crippen LogP contribution in [0.4, 0.5) is 10.5 Å². The first-order chi connectivity index (χ1) is 14.7. The van der Waals surface area contributed by atoms with E-state index < -0.39 is 40.9 Å². The number of fused-ring (bicyclic) bond motifs is 1. The minimum atomic E-state index is -0.913. The fraction of sp³-hybridized carbons (Fsp3) is 0.524. The summed E-state index contributed by atoms with van der Waals surface area (Å²) >= 11 is 0. The van der Waals surface area contributed by atoms with E-state index in [-0.39, 0.29) is 16.7 Å². The van der Waals surface area contributed by atoms with Gasteiger partial charge < -0.3 is 5.32 Å². The van der Waals surface area contributed by atoms with Crippen molar-refractivity contribution in [3.63, 3.8) is 0 Å². The zero-order chi connectivity index (χ0) is 21.9. The van der Waals surface area contributed by atoms with Gasteiger partial charge in [0.1, 0.15) is 12.1 Å². The summed E-state index contributed by atoms with van der Waals surface area (Å²) in [6.07, 6.45) is 6.40. The summed E-state index contributed by atoms with van der Waals surface area (Å²) in [7, 11) is 0. The maximum absolute atomic E-state index is 12.6. The summed E-state index contributed by atoms with van der Waals surface area (Å²) in [6.45, 7) is -0.683. The highest BCUT2D eigenvalue weighted by molar-refractivity contribution is 6.24. The average molecular weight is 426 g/mol. The molecule has 5 amide bonds. The van der Waals surface area contributed by atoms with E-state index in [2.05, 4.69) is 10.6 Å². The lowest BCUT2D eigenvalue weighted by molar-refractivity contribution is -0.385. The number of hydrogen-bond acceptors (Lipinski definition) is 6. The molecular weight excluding hydrogens is 404 g/mol. The molecule has 2 N–H and O–H groups in total. The van der Waals surface area contributed by atoms with Gasteiger partial charge in [-0.25, -0.2) is 4.79 Å². The predicted molar refractivity (Wildman–Crippen MR) is 106 cm³/mol. The standard InChI is InChI=1S/C21H22N4O6/c26-16(10-24-18(27)14-2-1-3-15(25(30)31)17(14)19(24)28)22-20(29)23-21-7-11-4-12(8-21)6-13(5-11)9-21/h1-3,11-13H,4-10H2,(H2,22,23,26,29). The molecule has 4 bridgehead atoms. The minimum Gasteiger partial charge on any atom is -0.332 e. The Kier molecular flexibility index (Phi) is 4.35. The second-order valence-corrected chi connectivity index (χ2v) is 9.35. The van der Waals surface area contributed by atoms with Gasteiger partial charge in [-0.15, -0.1) is 0 Å². The van der Waals surface area contributed by atoms with Crippen LogP contribution in [0.5, 0.6) is 0 Å². The second kappa shape index (κ2) is 6.86. The molecule has 0 radical (unpaired) electrons. The van der Waals surface area contributed by atoms with Crippen LogP contribution in [0.2, 0.25) is 0 Å². The number of benzene rings is 1. The second-order valence-electron chi connectivity index (χ2n) is 9.35. The van der Waals surface area contributed by atoms with Crippen molar-refractivity contribution in [1.29, 1.82) is 0 Å². The normalized spacial score (nSPS) is 30.3. The van der Waals surface area contributed by atoms with Gasteiger partial charge in [0.05, 0.1) is 10.5 Å². The molecule has 0 spiro atoms. The third kappa shape index (κ3) is 3.26. The van der Waals surface area contributed by atoms with Crippen molar-refractivity contribution < 1.29 is 24.1 Å². The maximum Gasteiger partial charge on any atom is 0.321 e. The summed E-state index contributed by atoms with van der Waals surface area (Å²) in [4.78, 5) is 61.1. The highest BCUT2D eigenvalue weighted by Gasteiger charge is 2.51. The lowest BCUT2D eigenvalue weighted by Gasteiger charge is -2.56. The van der Waals surface area contributed by atoms with Gasteiger partial charge in [-0.3, -0.25) is 34.7 Å². The zero-order valence-corrected chi connectivity index (χ0v) is 16.8. The van der Waals surface area contributed by atoms with Crippen molar-refractivity contribution in [1.82, 2.24) is 15.5 Å². The van der Waals surface area contributed by atoms with E-state index >= 15 is 0 Å². The van der Waals surface area contributed by atoms with Gasteiger partial charge in [0.15, 0.2) is 0 Å². The SMILES string of the molecule is O=C(CN1C(=O)c2cccc([N+](=O)[O-])c2C1=O)NC(=O)NC12CC3CC(CC(C3)C1)C2. The molecule has 1 aromatic rings. The van der Waals surface area contributed by atoms with Crippen molar-refractivity contribution >= 4 is 29.4 Å². The first kappa shape index (κ1) is 19.7. The van der Waals surface area contributed by atoms with Gasteiger partial charge in [-0.05, 0) is 62.3 Å². The molecule has 10 heteroatoms. The van der Waals surface area contributed by atoms with E-state index in [0.29, 0.717) is 22.7 Å². The minimum absolute atomic E-state index is 0.120. The van der Waals surface area contributed by atoms with E-state index in [1.54, 1.807) is 0 Å². The van der Waals surface area contributed by atoms with Crippen molar-refractivity contribution in [2.45, 2.75) is 44.1 Å². The Hall–Kier alpha value is -3.30. The van der Waals surface area contributed by atoms with Gasteiger partial charge >= 0.3 is 6.03 Å². The maximum atomic E-state index is 12.6. The Morgan fingerprint density at radius 2 is 1.68 bits per heavy atom. The first-order valence-corrected chi connectivity index (χ1v) is 10.5. The number of nitro groups is 1. The summed E-state index contributed by atoms with van der Waals surface area (Å²) in [5.74, 6) is -0.659. The number of nitro benzene ring substituents is 1. The number of imide groups is 2. The summed E-state index contributed by atoms with van der Waals surface area (Å²) in [5.41, 5.74) is -1.22. The number of urea groups is 1. The van der Waals surface area contributed by atoms with Crippen molar-refractivity contribution in [3.05, 3.63) is 39.4 Å². The fourth-order valence-electron chi connectivity index (χ4n) is 6.46. The van der Waals surface area contributed by atoms with Crippen LogP contribution in [0, 0.1) is 27.9 Å². The van der Waals surface area contributed by atoms with Crippen LogP contribution in [0.15, 0.2) is 18.2 Å². The van der Waals surface area contributed by atoms with Crippen LogP contribution >= 0.6 is 0 Å². The number of rotatable bonds is 4.